The van der Waals surface area contributed by atoms with Crippen molar-refractivity contribution >= 4 is 10.8 Å². The summed E-state index contributed by atoms with van der Waals surface area (Å²) in [4.78, 5) is 3.32. The Bertz CT molecular complexity index is 691. The highest BCUT2D eigenvalue weighted by molar-refractivity contribution is 5.84. The Morgan fingerprint density at radius 2 is 1.61 bits per heavy atom. The zero-order valence-electron chi connectivity index (χ0n) is 10.2. The molecule has 2 nitrogen and oxygen atoms in total. The van der Waals surface area contributed by atoms with Gasteiger partial charge < -0.3 is 4.74 Å². The Morgan fingerprint density at radius 3 is 2.44 bits per heavy atom. The smallest absolute Gasteiger partial charge is 0.215 e. The van der Waals surface area contributed by atoms with Gasteiger partial charge in [-0.1, -0.05) is 30.3 Å². The van der Waals surface area contributed by atoms with Crippen molar-refractivity contribution in [2.24, 2.45) is 0 Å². The molecule has 18 heavy (non-hydrogen) atoms. The third-order valence-corrected chi connectivity index (χ3v) is 3.08. The van der Waals surface area contributed by atoms with E-state index in [4.69, 9.17) is 4.74 Å². The second-order valence-electron chi connectivity index (χ2n) is 4.18. The minimum absolute atomic E-state index is 0.879. The van der Waals surface area contributed by atoms with Crippen LogP contribution in [0.25, 0.3) is 22.0 Å². The van der Waals surface area contributed by atoms with Crippen LogP contribution in [0.4, 0.5) is 0 Å². The average Bonchev–Trinajstić information content (AvgIpc) is 2.46. The molecule has 0 saturated heterocycles. The molecule has 3 aromatic rings. The summed E-state index contributed by atoms with van der Waals surface area (Å²) in [7, 11) is 1.69. The van der Waals surface area contributed by atoms with Crippen molar-refractivity contribution in [3.05, 3.63) is 60.8 Å². The SMILES string of the molecule is COc1ccccc1-c1cc2ccccc2c[nH+]1. The number of rotatable bonds is 2. The molecule has 1 heterocycles. The summed E-state index contributed by atoms with van der Waals surface area (Å²) >= 11 is 0. The summed E-state index contributed by atoms with van der Waals surface area (Å²) in [6.45, 7) is 0. The molecule has 0 unspecified atom stereocenters. The van der Waals surface area contributed by atoms with E-state index in [1.807, 2.05) is 36.5 Å². The number of methoxy groups -OCH3 is 1. The van der Waals surface area contributed by atoms with Crippen molar-refractivity contribution in [2.75, 3.05) is 7.11 Å². The molecule has 0 radical (unpaired) electrons. The fourth-order valence-electron chi connectivity index (χ4n) is 2.15. The summed E-state index contributed by atoms with van der Waals surface area (Å²) in [6, 6.07) is 18.5. The van der Waals surface area contributed by atoms with Gasteiger partial charge >= 0.3 is 0 Å². The highest BCUT2D eigenvalue weighted by Crippen LogP contribution is 2.27. The van der Waals surface area contributed by atoms with Crippen LogP contribution >= 0.6 is 0 Å². The molecule has 0 fully saturated rings. The monoisotopic (exact) mass is 236 g/mol. The van der Waals surface area contributed by atoms with Gasteiger partial charge in [-0.3, -0.25) is 0 Å². The Balaban J connectivity index is 2.19. The normalized spacial score (nSPS) is 10.5. The first-order chi connectivity index (χ1) is 8.88. The molecule has 0 bridgehead atoms. The van der Waals surface area contributed by atoms with Crippen molar-refractivity contribution in [1.82, 2.24) is 0 Å². The maximum absolute atomic E-state index is 5.39. The van der Waals surface area contributed by atoms with E-state index < -0.39 is 0 Å². The van der Waals surface area contributed by atoms with Crippen molar-refractivity contribution in [3.63, 3.8) is 0 Å². The first-order valence-electron chi connectivity index (χ1n) is 5.92. The maximum Gasteiger partial charge on any atom is 0.215 e. The number of H-pyrrole nitrogens is 1. The third-order valence-electron chi connectivity index (χ3n) is 3.08. The zero-order chi connectivity index (χ0) is 12.4. The van der Waals surface area contributed by atoms with Crippen LogP contribution in [0, 0.1) is 0 Å². The Morgan fingerprint density at radius 1 is 0.889 bits per heavy atom. The minimum atomic E-state index is 0.879. The van der Waals surface area contributed by atoms with Gasteiger partial charge in [0.2, 0.25) is 5.69 Å². The van der Waals surface area contributed by atoms with E-state index in [-0.39, 0.29) is 0 Å². The third kappa shape index (κ3) is 1.82. The number of aromatic nitrogens is 1. The molecule has 0 aliphatic rings. The molecular weight excluding hydrogens is 222 g/mol. The number of aromatic amines is 1. The number of pyridine rings is 1. The van der Waals surface area contributed by atoms with Gasteiger partial charge in [0.15, 0.2) is 6.20 Å². The lowest BCUT2D eigenvalue weighted by atomic mass is 10.1. The van der Waals surface area contributed by atoms with Gasteiger partial charge in [0.25, 0.3) is 0 Å². The van der Waals surface area contributed by atoms with Gasteiger partial charge in [0, 0.05) is 11.5 Å². The first-order valence-corrected chi connectivity index (χ1v) is 5.92. The van der Waals surface area contributed by atoms with E-state index in [2.05, 4.69) is 29.2 Å². The van der Waals surface area contributed by atoms with Gasteiger partial charge in [0.1, 0.15) is 5.75 Å². The largest absolute Gasteiger partial charge is 0.496 e. The summed E-state index contributed by atoms with van der Waals surface area (Å²) in [5, 5.41) is 2.42. The lowest BCUT2D eigenvalue weighted by Crippen LogP contribution is -2.06. The Labute approximate surface area is 106 Å². The average molecular weight is 236 g/mol. The van der Waals surface area contributed by atoms with Crippen molar-refractivity contribution in [3.8, 4) is 17.0 Å². The number of para-hydroxylation sites is 1. The lowest BCUT2D eigenvalue weighted by molar-refractivity contribution is -0.362. The van der Waals surface area contributed by atoms with E-state index in [0.717, 1.165) is 17.0 Å². The minimum Gasteiger partial charge on any atom is -0.496 e. The Kier molecular flexibility index (Phi) is 2.69. The van der Waals surface area contributed by atoms with E-state index in [9.17, 15) is 0 Å². The highest BCUT2D eigenvalue weighted by Gasteiger charge is 2.11. The fourth-order valence-corrected chi connectivity index (χ4v) is 2.15. The van der Waals surface area contributed by atoms with Crippen LogP contribution in [-0.4, -0.2) is 7.11 Å². The highest BCUT2D eigenvalue weighted by atomic mass is 16.5. The quantitative estimate of drug-likeness (QED) is 0.669. The second-order valence-corrected chi connectivity index (χ2v) is 4.18. The molecule has 0 aliphatic heterocycles. The molecule has 1 aromatic heterocycles. The van der Waals surface area contributed by atoms with Gasteiger partial charge in [-0.05, 0) is 23.6 Å². The summed E-state index contributed by atoms with van der Waals surface area (Å²) < 4.78 is 5.39. The standard InChI is InChI=1S/C16H13NO/c1-18-16-9-5-4-8-14(16)15-10-12-6-2-3-7-13(12)11-17-15/h2-11H,1H3/p+1. The van der Waals surface area contributed by atoms with Crippen molar-refractivity contribution < 1.29 is 9.72 Å². The lowest BCUT2D eigenvalue weighted by Gasteiger charge is -2.04. The molecule has 88 valence electrons. The number of benzene rings is 2. The van der Waals surface area contributed by atoms with Crippen molar-refractivity contribution in [2.45, 2.75) is 0 Å². The molecule has 0 saturated carbocycles. The molecule has 3 rings (SSSR count). The van der Waals surface area contributed by atoms with Crippen LogP contribution in [-0.2, 0) is 0 Å². The number of fused-ring (bicyclic) bond motifs is 1. The van der Waals surface area contributed by atoms with Gasteiger partial charge in [0.05, 0.1) is 12.7 Å². The molecule has 0 spiro atoms. The van der Waals surface area contributed by atoms with Crippen LogP contribution in [0.3, 0.4) is 0 Å². The van der Waals surface area contributed by atoms with E-state index >= 15 is 0 Å². The Hall–Kier alpha value is -2.35. The number of nitrogens with one attached hydrogen (secondary N) is 1. The molecule has 1 N–H and O–H groups in total. The van der Waals surface area contributed by atoms with Gasteiger partial charge in [-0.25, -0.2) is 4.98 Å². The summed E-state index contributed by atoms with van der Waals surface area (Å²) in [6.07, 6.45) is 2.02. The molecular formula is C16H14NO+. The maximum atomic E-state index is 5.39. The number of ether oxygens (including phenoxy) is 1. The predicted octanol–water partition coefficient (Wildman–Crippen LogP) is 3.33. The van der Waals surface area contributed by atoms with Crippen LogP contribution in [0.15, 0.2) is 60.8 Å². The van der Waals surface area contributed by atoms with Crippen LogP contribution < -0.4 is 9.72 Å². The van der Waals surface area contributed by atoms with Crippen LogP contribution in [0.1, 0.15) is 0 Å². The predicted molar refractivity (Wildman–Crippen MR) is 72.5 cm³/mol. The molecule has 0 amide bonds. The van der Waals surface area contributed by atoms with Gasteiger partial charge in [-0.15, -0.1) is 0 Å². The number of hydrogen-bond donors (Lipinski definition) is 0. The van der Waals surface area contributed by atoms with Crippen LogP contribution in [0.5, 0.6) is 5.75 Å². The van der Waals surface area contributed by atoms with E-state index in [1.54, 1.807) is 7.11 Å². The zero-order valence-corrected chi connectivity index (χ0v) is 10.2. The van der Waals surface area contributed by atoms with Gasteiger partial charge in [-0.2, -0.15) is 0 Å². The molecule has 2 heteroatoms. The van der Waals surface area contributed by atoms with E-state index in [1.165, 1.54) is 10.8 Å². The summed E-state index contributed by atoms with van der Waals surface area (Å²) in [5.74, 6) is 0.879. The summed E-state index contributed by atoms with van der Waals surface area (Å²) in [5.41, 5.74) is 2.14. The van der Waals surface area contributed by atoms with Crippen LogP contribution in [0.2, 0.25) is 0 Å². The first kappa shape index (κ1) is 10.8. The molecule has 2 aromatic carbocycles. The number of hydrogen-bond acceptors (Lipinski definition) is 1. The second kappa shape index (κ2) is 4.49. The molecule has 0 atom stereocenters. The van der Waals surface area contributed by atoms with E-state index in [0.29, 0.717) is 0 Å². The topological polar surface area (TPSA) is 23.4 Å². The van der Waals surface area contributed by atoms with Crippen molar-refractivity contribution in [1.29, 1.82) is 0 Å². The fraction of sp³-hybridized carbons (Fsp3) is 0.0625. The molecule has 0 aliphatic carbocycles.